The molecule has 0 aromatic heterocycles. The minimum Gasteiger partial charge on any atom is -0.493 e. The average molecular weight is 221 g/mol. The number of rotatable bonds is 4. The van der Waals surface area contributed by atoms with Crippen LogP contribution in [0.25, 0.3) is 0 Å². The first kappa shape index (κ1) is 13.0. The minimum absolute atomic E-state index is 0.194. The zero-order valence-corrected chi connectivity index (χ0v) is 10.8. The summed E-state index contributed by atoms with van der Waals surface area (Å²) in [6, 6.07) is 8.13. The van der Waals surface area contributed by atoms with Crippen molar-refractivity contribution in [3.8, 4) is 5.75 Å². The molecule has 0 amide bonds. The highest BCUT2D eigenvalue weighted by atomic mass is 16.5. The topological polar surface area (TPSA) is 35.2 Å². The van der Waals surface area contributed by atoms with Gasteiger partial charge in [-0.2, -0.15) is 0 Å². The summed E-state index contributed by atoms with van der Waals surface area (Å²) in [5.74, 6) is 1.31. The fraction of sp³-hybridized carbons (Fsp3) is 0.571. The molecule has 1 aromatic carbocycles. The molecule has 1 aromatic rings. The largest absolute Gasteiger partial charge is 0.493 e. The third-order valence-corrected chi connectivity index (χ3v) is 2.98. The molecule has 0 spiro atoms. The molecular formula is C14H23NO. The summed E-state index contributed by atoms with van der Waals surface area (Å²) >= 11 is 0. The van der Waals surface area contributed by atoms with Crippen LogP contribution < -0.4 is 10.5 Å². The van der Waals surface area contributed by atoms with Gasteiger partial charge >= 0.3 is 0 Å². The van der Waals surface area contributed by atoms with Crippen LogP contribution in [0.5, 0.6) is 5.75 Å². The summed E-state index contributed by atoms with van der Waals surface area (Å²) in [6.07, 6.45) is 0. The average Bonchev–Trinajstić information content (AvgIpc) is 2.19. The van der Waals surface area contributed by atoms with Gasteiger partial charge in [-0.25, -0.2) is 0 Å². The monoisotopic (exact) mass is 221 g/mol. The molecule has 0 fully saturated rings. The van der Waals surface area contributed by atoms with E-state index < -0.39 is 0 Å². The lowest BCUT2D eigenvalue weighted by Gasteiger charge is -2.29. The molecule has 1 atom stereocenters. The SMILES string of the molecule is Cc1ccc(OCC(CN)C(C)(C)C)cc1. The van der Waals surface area contributed by atoms with Crippen LogP contribution in [-0.2, 0) is 0 Å². The molecule has 0 aliphatic carbocycles. The smallest absolute Gasteiger partial charge is 0.119 e. The van der Waals surface area contributed by atoms with Crippen LogP contribution in [0.3, 0.4) is 0 Å². The van der Waals surface area contributed by atoms with Crippen LogP contribution in [0.4, 0.5) is 0 Å². The molecule has 0 saturated carbocycles. The van der Waals surface area contributed by atoms with Crippen molar-refractivity contribution < 1.29 is 4.74 Å². The van der Waals surface area contributed by atoms with Crippen LogP contribution in [0.1, 0.15) is 26.3 Å². The molecular weight excluding hydrogens is 198 g/mol. The van der Waals surface area contributed by atoms with Crippen molar-refractivity contribution in [3.05, 3.63) is 29.8 Å². The Morgan fingerprint density at radius 3 is 2.19 bits per heavy atom. The van der Waals surface area contributed by atoms with E-state index in [4.69, 9.17) is 10.5 Å². The van der Waals surface area contributed by atoms with E-state index in [1.807, 2.05) is 12.1 Å². The lowest BCUT2D eigenvalue weighted by atomic mass is 9.81. The van der Waals surface area contributed by atoms with E-state index in [-0.39, 0.29) is 5.41 Å². The maximum Gasteiger partial charge on any atom is 0.119 e. The van der Waals surface area contributed by atoms with Gasteiger partial charge in [-0.15, -0.1) is 0 Å². The number of benzene rings is 1. The number of hydrogen-bond donors (Lipinski definition) is 1. The zero-order chi connectivity index (χ0) is 12.2. The standard InChI is InChI=1S/C14H23NO/c1-11-5-7-13(8-6-11)16-10-12(9-15)14(2,3)4/h5-8,12H,9-10,15H2,1-4H3. The van der Waals surface area contributed by atoms with E-state index >= 15 is 0 Å². The van der Waals surface area contributed by atoms with Crippen LogP contribution in [0.2, 0.25) is 0 Å². The van der Waals surface area contributed by atoms with Crippen LogP contribution in [-0.4, -0.2) is 13.2 Å². The lowest BCUT2D eigenvalue weighted by Crippen LogP contribution is -2.33. The molecule has 0 radical (unpaired) electrons. The van der Waals surface area contributed by atoms with Crippen molar-refractivity contribution >= 4 is 0 Å². The molecule has 0 aliphatic heterocycles. The Kier molecular flexibility index (Phi) is 4.36. The highest BCUT2D eigenvalue weighted by Crippen LogP contribution is 2.25. The Morgan fingerprint density at radius 2 is 1.75 bits per heavy atom. The number of ether oxygens (including phenoxy) is 1. The van der Waals surface area contributed by atoms with Crippen molar-refractivity contribution in [1.29, 1.82) is 0 Å². The Morgan fingerprint density at radius 1 is 1.19 bits per heavy atom. The molecule has 1 rings (SSSR count). The molecule has 1 unspecified atom stereocenters. The van der Waals surface area contributed by atoms with E-state index in [0.717, 1.165) is 5.75 Å². The third kappa shape index (κ3) is 3.86. The predicted molar refractivity (Wildman–Crippen MR) is 68.7 cm³/mol. The third-order valence-electron chi connectivity index (χ3n) is 2.98. The van der Waals surface area contributed by atoms with Gasteiger partial charge in [-0.3, -0.25) is 0 Å². The molecule has 0 bridgehead atoms. The Labute approximate surface area is 98.8 Å². The van der Waals surface area contributed by atoms with Gasteiger partial charge in [0.25, 0.3) is 0 Å². The summed E-state index contributed by atoms with van der Waals surface area (Å²) < 4.78 is 5.76. The van der Waals surface area contributed by atoms with E-state index in [1.165, 1.54) is 5.56 Å². The maximum atomic E-state index is 5.77. The van der Waals surface area contributed by atoms with Gasteiger partial charge in [0.15, 0.2) is 0 Å². The number of hydrogen-bond acceptors (Lipinski definition) is 2. The van der Waals surface area contributed by atoms with Gasteiger partial charge in [-0.1, -0.05) is 38.5 Å². The first-order valence-corrected chi connectivity index (χ1v) is 5.83. The van der Waals surface area contributed by atoms with Crippen LogP contribution in [0, 0.1) is 18.3 Å². The van der Waals surface area contributed by atoms with E-state index in [2.05, 4.69) is 39.8 Å². The van der Waals surface area contributed by atoms with Gasteiger partial charge < -0.3 is 10.5 Å². The highest BCUT2D eigenvalue weighted by Gasteiger charge is 2.23. The fourth-order valence-corrected chi connectivity index (χ4v) is 1.50. The van der Waals surface area contributed by atoms with E-state index in [9.17, 15) is 0 Å². The van der Waals surface area contributed by atoms with E-state index in [1.54, 1.807) is 0 Å². The molecule has 0 heterocycles. The second-order valence-corrected chi connectivity index (χ2v) is 5.42. The lowest BCUT2D eigenvalue weighted by molar-refractivity contribution is 0.152. The molecule has 2 heteroatoms. The summed E-state index contributed by atoms with van der Waals surface area (Å²) in [7, 11) is 0. The highest BCUT2D eigenvalue weighted by molar-refractivity contribution is 5.26. The quantitative estimate of drug-likeness (QED) is 0.848. The molecule has 16 heavy (non-hydrogen) atoms. The second-order valence-electron chi connectivity index (χ2n) is 5.42. The summed E-state index contributed by atoms with van der Waals surface area (Å²) in [5.41, 5.74) is 7.21. The summed E-state index contributed by atoms with van der Waals surface area (Å²) in [4.78, 5) is 0. The first-order valence-electron chi connectivity index (χ1n) is 5.83. The van der Waals surface area contributed by atoms with Gasteiger partial charge in [0.05, 0.1) is 6.61 Å². The Bertz CT molecular complexity index is 311. The first-order chi connectivity index (χ1) is 7.43. The zero-order valence-electron chi connectivity index (χ0n) is 10.8. The molecule has 90 valence electrons. The second kappa shape index (κ2) is 5.35. The predicted octanol–water partition coefficient (Wildman–Crippen LogP) is 2.99. The minimum atomic E-state index is 0.194. The Balaban J connectivity index is 2.53. The summed E-state index contributed by atoms with van der Waals surface area (Å²) in [5, 5.41) is 0. The fourth-order valence-electron chi connectivity index (χ4n) is 1.50. The van der Waals surface area contributed by atoms with Crippen molar-refractivity contribution in [2.24, 2.45) is 17.1 Å². The van der Waals surface area contributed by atoms with Crippen molar-refractivity contribution in [2.45, 2.75) is 27.7 Å². The Hall–Kier alpha value is -1.02. The number of aryl methyl sites for hydroxylation is 1. The van der Waals surface area contributed by atoms with Gasteiger partial charge in [0.2, 0.25) is 0 Å². The van der Waals surface area contributed by atoms with E-state index in [0.29, 0.717) is 19.1 Å². The number of nitrogens with two attached hydrogens (primary N) is 1. The molecule has 2 N–H and O–H groups in total. The van der Waals surface area contributed by atoms with Gasteiger partial charge in [0, 0.05) is 5.92 Å². The van der Waals surface area contributed by atoms with Crippen molar-refractivity contribution in [2.75, 3.05) is 13.2 Å². The van der Waals surface area contributed by atoms with Crippen molar-refractivity contribution in [1.82, 2.24) is 0 Å². The summed E-state index contributed by atoms with van der Waals surface area (Å²) in [6.45, 7) is 10.0. The molecule has 0 saturated heterocycles. The normalized spacial score (nSPS) is 13.6. The molecule has 2 nitrogen and oxygen atoms in total. The van der Waals surface area contributed by atoms with Crippen LogP contribution >= 0.6 is 0 Å². The van der Waals surface area contributed by atoms with Gasteiger partial charge in [0.1, 0.15) is 5.75 Å². The van der Waals surface area contributed by atoms with Crippen molar-refractivity contribution in [3.63, 3.8) is 0 Å². The van der Waals surface area contributed by atoms with Crippen LogP contribution in [0.15, 0.2) is 24.3 Å². The maximum absolute atomic E-state index is 5.77. The molecule has 0 aliphatic rings. The van der Waals surface area contributed by atoms with Gasteiger partial charge in [-0.05, 0) is 31.0 Å².